The number of rotatable bonds is 4. The van der Waals surface area contributed by atoms with Crippen molar-refractivity contribution in [3.05, 3.63) is 28.7 Å². The zero-order chi connectivity index (χ0) is 15.1. The van der Waals surface area contributed by atoms with E-state index >= 15 is 0 Å². The molecular formula is C14H16O5S. The monoisotopic (exact) mass is 296 g/mol. The second kappa shape index (κ2) is 4.63. The minimum absolute atomic E-state index is 0.0400. The third-order valence-electron chi connectivity index (χ3n) is 3.36. The fourth-order valence-corrected chi connectivity index (χ4v) is 3.85. The van der Waals surface area contributed by atoms with Crippen LogP contribution in [0, 0.1) is 5.41 Å². The molecule has 0 atom stereocenters. The zero-order valence-corrected chi connectivity index (χ0v) is 12.3. The number of allylic oxidation sites excluding steroid dienone is 1. The Balaban J connectivity index is 2.45. The highest BCUT2D eigenvalue weighted by molar-refractivity contribution is 7.95. The lowest BCUT2D eigenvalue weighted by Crippen LogP contribution is -2.25. The van der Waals surface area contributed by atoms with Crippen LogP contribution in [-0.4, -0.2) is 26.6 Å². The average Bonchev–Trinajstić information content (AvgIpc) is 2.60. The Hall–Kier alpha value is -1.82. The van der Waals surface area contributed by atoms with Gasteiger partial charge in [-0.2, -0.15) is 0 Å². The predicted octanol–water partition coefficient (Wildman–Crippen LogP) is 2.32. The molecule has 0 unspecified atom stereocenters. The number of carboxylic acids is 1. The molecular weight excluding hydrogens is 280 g/mol. The van der Waals surface area contributed by atoms with Gasteiger partial charge in [-0.1, -0.05) is 0 Å². The molecule has 1 aliphatic heterocycles. The van der Waals surface area contributed by atoms with E-state index in [1.165, 1.54) is 33.1 Å². The van der Waals surface area contributed by atoms with Crippen LogP contribution in [0.25, 0.3) is 6.08 Å². The number of benzene rings is 1. The SMILES string of the molecule is COc1ccc2c(c1)C=C(CC(C)(C)C(=O)O)S2(=O)=O. The van der Waals surface area contributed by atoms with Gasteiger partial charge in [-0.25, -0.2) is 8.42 Å². The topological polar surface area (TPSA) is 80.7 Å². The molecule has 1 heterocycles. The zero-order valence-electron chi connectivity index (χ0n) is 11.5. The highest BCUT2D eigenvalue weighted by Crippen LogP contribution is 2.40. The summed E-state index contributed by atoms with van der Waals surface area (Å²) in [5.74, 6) is -0.462. The van der Waals surface area contributed by atoms with Gasteiger partial charge in [0.1, 0.15) is 5.75 Å². The molecule has 1 aromatic rings. The van der Waals surface area contributed by atoms with Gasteiger partial charge in [0, 0.05) is 0 Å². The molecule has 0 aromatic heterocycles. The Kier molecular flexibility index (Phi) is 3.37. The Bertz CT molecular complexity index is 698. The highest BCUT2D eigenvalue weighted by atomic mass is 32.2. The van der Waals surface area contributed by atoms with Crippen LogP contribution in [0.15, 0.2) is 28.0 Å². The lowest BCUT2D eigenvalue weighted by molar-refractivity contribution is -0.146. The largest absolute Gasteiger partial charge is 0.497 e. The van der Waals surface area contributed by atoms with Crippen LogP contribution in [0.4, 0.5) is 0 Å². The van der Waals surface area contributed by atoms with Gasteiger partial charge < -0.3 is 9.84 Å². The summed E-state index contributed by atoms with van der Waals surface area (Å²) in [5, 5.41) is 9.13. The van der Waals surface area contributed by atoms with Gasteiger partial charge in [0.25, 0.3) is 0 Å². The number of hydrogen-bond donors (Lipinski definition) is 1. The number of methoxy groups -OCH3 is 1. The molecule has 1 aliphatic rings. The van der Waals surface area contributed by atoms with E-state index in [1.54, 1.807) is 12.1 Å². The molecule has 0 bridgehead atoms. The molecule has 1 aromatic carbocycles. The molecule has 0 amide bonds. The summed E-state index contributed by atoms with van der Waals surface area (Å²) in [6, 6.07) is 4.70. The average molecular weight is 296 g/mol. The van der Waals surface area contributed by atoms with E-state index in [0.717, 1.165) is 0 Å². The lowest BCUT2D eigenvalue weighted by atomic mass is 9.89. The number of carboxylic acid groups (broad SMARTS) is 1. The van der Waals surface area contributed by atoms with Gasteiger partial charge in [0.15, 0.2) is 0 Å². The molecule has 0 saturated heterocycles. The second-order valence-electron chi connectivity index (χ2n) is 5.38. The molecule has 0 fully saturated rings. The summed E-state index contributed by atoms with van der Waals surface area (Å²) in [6.07, 6.45) is 1.49. The van der Waals surface area contributed by atoms with Gasteiger partial charge in [0.05, 0.1) is 22.3 Å². The summed E-state index contributed by atoms with van der Waals surface area (Å²) in [5.41, 5.74) is -0.592. The van der Waals surface area contributed by atoms with Crippen molar-refractivity contribution in [2.75, 3.05) is 7.11 Å². The van der Waals surface area contributed by atoms with Crippen molar-refractivity contribution in [3.8, 4) is 5.75 Å². The van der Waals surface area contributed by atoms with Crippen molar-refractivity contribution in [1.82, 2.24) is 0 Å². The Morgan fingerprint density at radius 2 is 2.00 bits per heavy atom. The van der Waals surface area contributed by atoms with Crippen molar-refractivity contribution >= 4 is 21.9 Å². The number of fused-ring (bicyclic) bond motifs is 1. The van der Waals surface area contributed by atoms with E-state index < -0.39 is 21.2 Å². The first-order chi connectivity index (χ1) is 9.18. The number of sulfone groups is 1. The number of aliphatic carboxylic acids is 1. The van der Waals surface area contributed by atoms with E-state index in [9.17, 15) is 13.2 Å². The van der Waals surface area contributed by atoms with Gasteiger partial charge in [0.2, 0.25) is 9.84 Å². The first-order valence-corrected chi connectivity index (χ1v) is 7.54. The molecule has 6 heteroatoms. The molecule has 0 aliphatic carbocycles. The smallest absolute Gasteiger partial charge is 0.309 e. The van der Waals surface area contributed by atoms with Crippen molar-refractivity contribution in [1.29, 1.82) is 0 Å². The quantitative estimate of drug-likeness (QED) is 0.922. The highest BCUT2D eigenvalue weighted by Gasteiger charge is 2.37. The summed E-state index contributed by atoms with van der Waals surface area (Å²) in [6.45, 7) is 3.02. The second-order valence-corrected chi connectivity index (χ2v) is 7.35. The molecule has 108 valence electrons. The van der Waals surface area contributed by atoms with Gasteiger partial charge in [-0.15, -0.1) is 0 Å². The third-order valence-corrected chi connectivity index (χ3v) is 5.27. The van der Waals surface area contributed by atoms with Gasteiger partial charge in [-0.05, 0) is 50.1 Å². The van der Waals surface area contributed by atoms with Crippen LogP contribution < -0.4 is 4.74 Å². The van der Waals surface area contributed by atoms with Crippen molar-refractivity contribution in [2.24, 2.45) is 5.41 Å². The Morgan fingerprint density at radius 3 is 2.55 bits per heavy atom. The number of carbonyl (C=O) groups is 1. The van der Waals surface area contributed by atoms with E-state index in [4.69, 9.17) is 9.84 Å². The molecule has 2 rings (SSSR count). The summed E-state index contributed by atoms with van der Waals surface area (Å²) in [7, 11) is -2.09. The molecule has 0 radical (unpaired) electrons. The summed E-state index contributed by atoms with van der Waals surface area (Å²) in [4.78, 5) is 11.5. The van der Waals surface area contributed by atoms with E-state index in [1.807, 2.05) is 0 Å². The molecule has 0 spiro atoms. The Morgan fingerprint density at radius 1 is 1.35 bits per heavy atom. The van der Waals surface area contributed by atoms with Gasteiger partial charge in [-0.3, -0.25) is 4.79 Å². The van der Waals surface area contributed by atoms with Gasteiger partial charge >= 0.3 is 5.97 Å². The fourth-order valence-electron chi connectivity index (χ4n) is 2.06. The molecule has 5 nitrogen and oxygen atoms in total. The summed E-state index contributed by atoms with van der Waals surface area (Å²) < 4.78 is 29.8. The predicted molar refractivity (Wildman–Crippen MR) is 74.2 cm³/mol. The van der Waals surface area contributed by atoms with Crippen LogP contribution in [0.5, 0.6) is 5.75 Å². The van der Waals surface area contributed by atoms with Crippen LogP contribution >= 0.6 is 0 Å². The van der Waals surface area contributed by atoms with E-state index in [2.05, 4.69) is 0 Å². The van der Waals surface area contributed by atoms with E-state index in [0.29, 0.717) is 11.3 Å². The lowest BCUT2D eigenvalue weighted by Gasteiger charge is -2.19. The normalized spacial score (nSPS) is 16.4. The van der Waals surface area contributed by atoms with Crippen LogP contribution in [0.1, 0.15) is 25.8 Å². The third kappa shape index (κ3) is 2.31. The number of ether oxygens (including phenoxy) is 1. The van der Waals surface area contributed by atoms with Crippen LogP contribution in [-0.2, 0) is 14.6 Å². The molecule has 20 heavy (non-hydrogen) atoms. The minimum atomic E-state index is -3.60. The summed E-state index contributed by atoms with van der Waals surface area (Å²) >= 11 is 0. The van der Waals surface area contributed by atoms with Crippen LogP contribution in [0.2, 0.25) is 0 Å². The Labute approximate surface area is 117 Å². The van der Waals surface area contributed by atoms with Crippen molar-refractivity contribution in [2.45, 2.75) is 25.2 Å². The van der Waals surface area contributed by atoms with Crippen molar-refractivity contribution in [3.63, 3.8) is 0 Å². The molecule has 1 N–H and O–H groups in total. The maximum atomic E-state index is 12.4. The van der Waals surface area contributed by atoms with E-state index in [-0.39, 0.29) is 16.2 Å². The minimum Gasteiger partial charge on any atom is -0.497 e. The fraction of sp³-hybridized carbons (Fsp3) is 0.357. The maximum absolute atomic E-state index is 12.4. The first kappa shape index (κ1) is 14.6. The number of hydrogen-bond acceptors (Lipinski definition) is 4. The molecule has 0 saturated carbocycles. The standard InChI is InChI=1S/C14H16O5S/c1-14(2,13(15)16)8-11-7-9-6-10(19-3)4-5-12(9)20(11,17)18/h4-7H,8H2,1-3H3,(H,15,16). The van der Waals surface area contributed by atoms with Crippen molar-refractivity contribution < 1.29 is 23.1 Å². The van der Waals surface area contributed by atoms with Crippen LogP contribution in [0.3, 0.4) is 0 Å². The maximum Gasteiger partial charge on any atom is 0.309 e. The first-order valence-electron chi connectivity index (χ1n) is 6.05.